The van der Waals surface area contributed by atoms with Crippen LogP contribution in [0.1, 0.15) is 33.9 Å². The average Bonchev–Trinajstić information content (AvgIpc) is 3.09. The minimum atomic E-state index is -4.76. The first-order chi connectivity index (χ1) is 23.4. The van der Waals surface area contributed by atoms with E-state index in [0.29, 0.717) is 16.9 Å². The number of halogens is 3. The molecule has 0 aliphatic carbocycles. The maximum absolute atomic E-state index is 14.8. The van der Waals surface area contributed by atoms with E-state index in [1.165, 1.54) is 25.3 Å². The molecule has 8 nitrogen and oxygen atoms in total. The van der Waals surface area contributed by atoms with E-state index in [2.05, 4.69) is 6.58 Å². The molecule has 0 spiro atoms. The number of hydrogen-bond acceptors (Lipinski definition) is 6. The second-order valence-electron chi connectivity index (χ2n) is 11.5. The predicted molar refractivity (Wildman–Crippen MR) is 180 cm³/mol. The highest BCUT2D eigenvalue weighted by Crippen LogP contribution is 2.42. The summed E-state index contributed by atoms with van der Waals surface area (Å²) in [5, 5.41) is 1.08. The van der Waals surface area contributed by atoms with Crippen LogP contribution < -0.4 is 10.3 Å². The van der Waals surface area contributed by atoms with Crippen LogP contribution in [-0.4, -0.2) is 44.0 Å². The van der Waals surface area contributed by atoms with Crippen molar-refractivity contribution < 1.29 is 35.9 Å². The molecule has 0 radical (unpaired) electrons. The number of pyridine rings is 1. The quantitative estimate of drug-likeness (QED) is 0.166. The van der Waals surface area contributed by atoms with Crippen molar-refractivity contribution in [1.82, 2.24) is 8.87 Å². The van der Waals surface area contributed by atoms with Gasteiger partial charge in [0.05, 0.1) is 19.8 Å². The molecule has 5 aromatic rings. The van der Waals surface area contributed by atoms with Gasteiger partial charge in [0.1, 0.15) is 11.8 Å². The van der Waals surface area contributed by atoms with Crippen molar-refractivity contribution in [1.29, 1.82) is 0 Å². The van der Waals surface area contributed by atoms with E-state index in [-0.39, 0.29) is 35.2 Å². The number of alkyl halides is 3. The summed E-state index contributed by atoms with van der Waals surface area (Å²) in [6.45, 7) is 3.16. The van der Waals surface area contributed by atoms with Crippen LogP contribution in [-0.2, 0) is 38.7 Å². The van der Waals surface area contributed by atoms with Crippen molar-refractivity contribution in [3.63, 3.8) is 0 Å². The Morgan fingerprint density at radius 1 is 0.980 bits per heavy atom. The topological polar surface area (TPSA) is 94.9 Å². The molecule has 252 valence electrons. The van der Waals surface area contributed by atoms with Crippen LogP contribution in [0.25, 0.3) is 28.0 Å². The van der Waals surface area contributed by atoms with E-state index in [9.17, 15) is 31.2 Å². The summed E-state index contributed by atoms with van der Waals surface area (Å²) >= 11 is 0. The Hall–Kier alpha value is -5.20. The van der Waals surface area contributed by atoms with Crippen LogP contribution in [0.15, 0.2) is 107 Å². The van der Waals surface area contributed by atoms with Gasteiger partial charge in [-0.1, -0.05) is 79.4 Å². The number of carbonyl (C=O) groups excluding carboxylic acids is 1. The maximum atomic E-state index is 14.8. The Morgan fingerprint density at radius 3 is 2.35 bits per heavy atom. The van der Waals surface area contributed by atoms with E-state index in [0.717, 1.165) is 38.9 Å². The first-order valence-corrected chi connectivity index (χ1v) is 16.6. The highest BCUT2D eigenvalue weighted by atomic mass is 32.2. The number of aromatic nitrogens is 1. The van der Waals surface area contributed by atoms with Crippen LogP contribution in [0.2, 0.25) is 0 Å². The molecular weight excluding hydrogens is 657 g/mol. The van der Waals surface area contributed by atoms with Crippen LogP contribution in [0.5, 0.6) is 5.75 Å². The third-order valence-electron chi connectivity index (χ3n) is 8.70. The van der Waals surface area contributed by atoms with Crippen molar-refractivity contribution in [2.24, 2.45) is 0 Å². The Bertz CT molecular complexity index is 2260. The predicted octanol–water partition coefficient (Wildman–Crippen LogP) is 6.85. The smallest absolute Gasteiger partial charge is 0.416 e. The minimum absolute atomic E-state index is 0.0335. The fourth-order valence-corrected chi connectivity index (χ4v) is 8.21. The highest BCUT2D eigenvalue weighted by Gasteiger charge is 2.45. The number of sulfonamides is 1. The molecular formula is C37H31F3N2O6S. The van der Waals surface area contributed by atoms with Gasteiger partial charge in [-0.2, -0.15) is 17.5 Å². The molecule has 1 aliphatic rings. The zero-order valence-corrected chi connectivity index (χ0v) is 27.3. The van der Waals surface area contributed by atoms with Crippen LogP contribution in [0, 0.1) is 0 Å². The van der Waals surface area contributed by atoms with Gasteiger partial charge in [-0.3, -0.25) is 9.36 Å². The first-order valence-electron chi connectivity index (χ1n) is 15.2. The number of esters is 1. The molecule has 12 heteroatoms. The fourth-order valence-electron chi connectivity index (χ4n) is 6.35. The van der Waals surface area contributed by atoms with Gasteiger partial charge in [0.25, 0.3) is 15.6 Å². The summed E-state index contributed by atoms with van der Waals surface area (Å²) in [7, 11) is -2.06. The van der Waals surface area contributed by atoms with E-state index >= 15 is 0 Å². The fraction of sp³-hybridized carbons (Fsp3) is 0.189. The number of hydrogen-bond donors (Lipinski definition) is 0. The average molecular weight is 689 g/mol. The number of ether oxygens (including phenoxy) is 2. The van der Waals surface area contributed by atoms with Crippen molar-refractivity contribution in [3.8, 4) is 16.9 Å². The van der Waals surface area contributed by atoms with E-state index in [1.807, 2.05) is 36.4 Å². The molecule has 1 atom stereocenters. The van der Waals surface area contributed by atoms with Gasteiger partial charge in [-0.25, -0.2) is 13.2 Å². The number of fused-ring (bicyclic) bond motifs is 2. The highest BCUT2D eigenvalue weighted by molar-refractivity contribution is 7.89. The molecule has 6 rings (SSSR count). The SMILES string of the molecule is C=Cc1c(Cc2cccc3ccccc23)c(-c2cccc(C(F)(F)F)c2)c2n(c1=O)C(C(=O)OC)CN(Cc1ccc(OC)cc1)S2(=O)=O. The van der Waals surface area contributed by atoms with E-state index in [1.54, 1.807) is 30.3 Å². The van der Waals surface area contributed by atoms with Gasteiger partial charge in [0, 0.05) is 24.2 Å². The van der Waals surface area contributed by atoms with Crippen LogP contribution in [0.3, 0.4) is 0 Å². The van der Waals surface area contributed by atoms with Gasteiger partial charge in [-0.05, 0) is 63.7 Å². The molecule has 0 amide bonds. The summed E-state index contributed by atoms with van der Waals surface area (Å²) in [5.41, 5.74) is -0.734. The molecule has 0 bridgehead atoms. The van der Waals surface area contributed by atoms with Gasteiger partial charge in [0.2, 0.25) is 0 Å². The summed E-state index contributed by atoms with van der Waals surface area (Å²) < 4.78 is 84.0. The zero-order chi connectivity index (χ0) is 35.1. The zero-order valence-electron chi connectivity index (χ0n) is 26.5. The molecule has 0 N–H and O–H groups in total. The van der Waals surface area contributed by atoms with Gasteiger partial charge in [0.15, 0.2) is 5.03 Å². The monoisotopic (exact) mass is 688 g/mol. The van der Waals surface area contributed by atoms with Gasteiger partial charge < -0.3 is 9.47 Å². The van der Waals surface area contributed by atoms with E-state index < -0.39 is 50.9 Å². The molecule has 4 aromatic carbocycles. The summed E-state index contributed by atoms with van der Waals surface area (Å²) in [4.78, 5) is 27.7. The summed E-state index contributed by atoms with van der Waals surface area (Å²) in [6, 6.07) is 22.4. The number of benzene rings is 4. The third kappa shape index (κ3) is 6.13. The third-order valence-corrected chi connectivity index (χ3v) is 10.5. The Kier molecular flexibility index (Phi) is 8.95. The second-order valence-corrected chi connectivity index (χ2v) is 13.4. The van der Waals surface area contributed by atoms with E-state index in [4.69, 9.17) is 9.47 Å². The Morgan fingerprint density at radius 2 is 1.67 bits per heavy atom. The summed E-state index contributed by atoms with van der Waals surface area (Å²) in [6.07, 6.45) is -3.54. The Balaban J connectivity index is 1.70. The van der Waals surface area contributed by atoms with Gasteiger partial charge >= 0.3 is 12.1 Å². The van der Waals surface area contributed by atoms with Crippen LogP contribution in [0.4, 0.5) is 13.2 Å². The molecule has 0 saturated heterocycles. The lowest BCUT2D eigenvalue weighted by molar-refractivity contribution is -0.145. The first kappa shape index (κ1) is 33.7. The molecule has 0 saturated carbocycles. The van der Waals surface area contributed by atoms with Crippen molar-refractivity contribution in [2.45, 2.75) is 30.2 Å². The minimum Gasteiger partial charge on any atom is -0.497 e. The lowest BCUT2D eigenvalue weighted by atomic mass is 9.90. The van der Waals surface area contributed by atoms with Crippen LogP contribution >= 0.6 is 0 Å². The summed E-state index contributed by atoms with van der Waals surface area (Å²) in [5.74, 6) is -0.360. The number of carbonyl (C=O) groups is 1. The molecule has 1 aliphatic heterocycles. The molecule has 0 fully saturated rings. The lowest BCUT2D eigenvalue weighted by Gasteiger charge is -2.36. The number of rotatable bonds is 8. The number of nitrogens with zero attached hydrogens (tertiary/aromatic N) is 2. The number of methoxy groups -OCH3 is 2. The maximum Gasteiger partial charge on any atom is 0.416 e. The lowest BCUT2D eigenvalue weighted by Crippen LogP contribution is -2.50. The molecule has 1 unspecified atom stereocenters. The molecule has 49 heavy (non-hydrogen) atoms. The van der Waals surface area contributed by atoms with Crippen molar-refractivity contribution in [2.75, 3.05) is 20.8 Å². The second kappa shape index (κ2) is 13.0. The standard InChI is InChI=1S/C37H31F3N2O6S/c1-4-29-31(20-25-11-7-10-24-9-5-6-14-30(24)25)33(26-12-8-13-27(19-26)37(38,39)40)35-42(34(29)43)32(36(44)48-3)22-41(49(35,45)46)21-23-15-17-28(47-2)18-16-23/h4-19,32H,1,20-22H2,2-3H3. The normalized spacial score (nSPS) is 15.8. The largest absolute Gasteiger partial charge is 0.497 e. The van der Waals surface area contributed by atoms with Gasteiger partial charge in [-0.15, -0.1) is 0 Å². The van der Waals surface area contributed by atoms with Crippen molar-refractivity contribution in [3.05, 3.63) is 136 Å². The molecule has 2 heterocycles. The Labute approximate surface area is 280 Å². The van der Waals surface area contributed by atoms with Crippen molar-refractivity contribution >= 4 is 32.8 Å². The molecule has 1 aromatic heterocycles.